The lowest BCUT2D eigenvalue weighted by Crippen LogP contribution is -2.38. The predicted octanol–water partition coefficient (Wildman–Crippen LogP) is 5.46. The fourth-order valence-corrected chi connectivity index (χ4v) is 4.21. The molecule has 0 aliphatic carbocycles. The van der Waals surface area contributed by atoms with Crippen molar-refractivity contribution < 1.29 is 9.90 Å². The summed E-state index contributed by atoms with van der Waals surface area (Å²) in [5.41, 5.74) is 2.62. The molecule has 0 aliphatic rings. The van der Waals surface area contributed by atoms with Gasteiger partial charge in [-0.3, -0.25) is 4.79 Å². The van der Waals surface area contributed by atoms with Gasteiger partial charge in [0.25, 0.3) is 0 Å². The molecule has 1 atom stereocenters. The molecule has 2 N–H and O–H groups in total. The third-order valence-electron chi connectivity index (χ3n) is 5.86. The monoisotopic (exact) mass is 397 g/mol. The van der Waals surface area contributed by atoms with E-state index in [9.17, 15) is 9.90 Å². The van der Waals surface area contributed by atoms with Crippen LogP contribution in [0.1, 0.15) is 18.1 Å². The highest BCUT2D eigenvalue weighted by molar-refractivity contribution is 5.86. The van der Waals surface area contributed by atoms with E-state index in [4.69, 9.17) is 0 Å². The molecule has 4 aromatic carbocycles. The largest absolute Gasteiger partial charge is 0.480 e. The molecular formula is C27H27NO2. The average Bonchev–Trinajstić information content (AvgIpc) is 2.77. The van der Waals surface area contributed by atoms with Crippen LogP contribution in [0.3, 0.4) is 0 Å². The van der Waals surface area contributed by atoms with E-state index in [1.807, 2.05) is 0 Å². The van der Waals surface area contributed by atoms with E-state index in [2.05, 4.69) is 90.2 Å². The molecule has 0 fully saturated rings. The first kappa shape index (κ1) is 20.1. The Hall–Kier alpha value is -3.17. The highest BCUT2D eigenvalue weighted by atomic mass is 16.4. The highest BCUT2D eigenvalue weighted by Gasteiger charge is 2.17. The molecule has 3 heteroatoms. The molecule has 0 saturated carbocycles. The molecule has 0 aromatic heterocycles. The minimum Gasteiger partial charge on any atom is -0.480 e. The van der Waals surface area contributed by atoms with Crippen molar-refractivity contribution in [3.05, 3.63) is 96.1 Å². The molecule has 4 aromatic rings. The SMILES string of the molecule is CC(NCC(Cc1cccc2ccccc12)Cc1cccc2ccccc12)C(=O)O. The summed E-state index contributed by atoms with van der Waals surface area (Å²) < 4.78 is 0. The number of benzene rings is 4. The van der Waals surface area contributed by atoms with Crippen LogP contribution in [0.2, 0.25) is 0 Å². The van der Waals surface area contributed by atoms with Crippen LogP contribution in [0, 0.1) is 5.92 Å². The van der Waals surface area contributed by atoms with Crippen molar-refractivity contribution in [2.24, 2.45) is 5.92 Å². The Morgan fingerprint density at radius 3 is 1.73 bits per heavy atom. The second-order valence-corrected chi connectivity index (χ2v) is 8.02. The quantitative estimate of drug-likeness (QED) is 0.415. The van der Waals surface area contributed by atoms with Crippen molar-refractivity contribution in [2.75, 3.05) is 6.54 Å². The fourth-order valence-electron chi connectivity index (χ4n) is 4.21. The summed E-state index contributed by atoms with van der Waals surface area (Å²) in [6.45, 7) is 2.36. The Bertz CT molecular complexity index is 1080. The number of carbonyl (C=O) groups is 1. The summed E-state index contributed by atoms with van der Waals surface area (Å²) >= 11 is 0. The van der Waals surface area contributed by atoms with Crippen LogP contribution in [0.15, 0.2) is 84.9 Å². The third kappa shape index (κ3) is 4.52. The van der Waals surface area contributed by atoms with Gasteiger partial charge in [-0.1, -0.05) is 84.9 Å². The predicted molar refractivity (Wildman–Crippen MR) is 124 cm³/mol. The zero-order valence-electron chi connectivity index (χ0n) is 17.2. The van der Waals surface area contributed by atoms with E-state index in [1.165, 1.54) is 32.7 Å². The molecule has 152 valence electrons. The molecule has 30 heavy (non-hydrogen) atoms. The molecular weight excluding hydrogens is 370 g/mol. The van der Waals surface area contributed by atoms with Crippen molar-refractivity contribution in [3.8, 4) is 0 Å². The van der Waals surface area contributed by atoms with Gasteiger partial charge in [0.1, 0.15) is 6.04 Å². The van der Waals surface area contributed by atoms with Crippen molar-refractivity contribution in [2.45, 2.75) is 25.8 Å². The van der Waals surface area contributed by atoms with Crippen molar-refractivity contribution in [3.63, 3.8) is 0 Å². The maximum Gasteiger partial charge on any atom is 0.320 e. The van der Waals surface area contributed by atoms with E-state index in [0.29, 0.717) is 6.54 Å². The number of carboxylic acids is 1. The van der Waals surface area contributed by atoms with Gasteiger partial charge in [0.2, 0.25) is 0 Å². The Morgan fingerprint density at radius 1 is 0.767 bits per heavy atom. The van der Waals surface area contributed by atoms with E-state index in [0.717, 1.165) is 12.8 Å². The summed E-state index contributed by atoms with van der Waals surface area (Å²) in [5.74, 6) is -0.535. The summed E-state index contributed by atoms with van der Waals surface area (Å²) in [6, 6.07) is 29.3. The van der Waals surface area contributed by atoms with Crippen LogP contribution in [-0.4, -0.2) is 23.7 Å². The molecule has 0 aliphatic heterocycles. The van der Waals surface area contributed by atoms with Crippen molar-refractivity contribution in [1.82, 2.24) is 5.32 Å². The number of fused-ring (bicyclic) bond motifs is 2. The van der Waals surface area contributed by atoms with Crippen LogP contribution in [0.4, 0.5) is 0 Å². The van der Waals surface area contributed by atoms with Gasteiger partial charge < -0.3 is 10.4 Å². The second kappa shape index (κ2) is 9.10. The molecule has 4 rings (SSSR count). The number of aliphatic carboxylic acids is 1. The molecule has 3 nitrogen and oxygen atoms in total. The van der Waals surface area contributed by atoms with Gasteiger partial charge >= 0.3 is 5.97 Å². The minimum atomic E-state index is -0.816. The molecule has 0 heterocycles. The smallest absolute Gasteiger partial charge is 0.320 e. The van der Waals surface area contributed by atoms with Crippen LogP contribution in [0.5, 0.6) is 0 Å². The van der Waals surface area contributed by atoms with Gasteiger partial charge in [0.15, 0.2) is 0 Å². The highest BCUT2D eigenvalue weighted by Crippen LogP contribution is 2.26. The van der Waals surface area contributed by atoms with E-state index in [1.54, 1.807) is 6.92 Å². The molecule has 1 unspecified atom stereocenters. The number of carboxylic acid groups (broad SMARTS) is 1. The summed E-state index contributed by atoms with van der Waals surface area (Å²) in [4.78, 5) is 11.3. The van der Waals surface area contributed by atoms with Crippen molar-refractivity contribution >= 4 is 27.5 Å². The molecule has 0 spiro atoms. The number of hydrogen-bond acceptors (Lipinski definition) is 2. The summed E-state index contributed by atoms with van der Waals surface area (Å²) in [7, 11) is 0. The lowest BCUT2D eigenvalue weighted by Gasteiger charge is -2.21. The maximum absolute atomic E-state index is 11.3. The standard InChI is InChI=1S/C27H27NO2/c1-19(27(29)30)28-18-20(16-23-12-6-10-21-8-2-4-14-25(21)23)17-24-13-7-11-22-9-3-5-15-26(22)24/h2-15,19-20,28H,16-18H2,1H3,(H,29,30). The second-order valence-electron chi connectivity index (χ2n) is 8.02. The molecule has 0 radical (unpaired) electrons. The molecule has 0 bridgehead atoms. The normalized spacial score (nSPS) is 12.5. The first-order valence-corrected chi connectivity index (χ1v) is 10.5. The van der Waals surface area contributed by atoms with Crippen LogP contribution < -0.4 is 5.32 Å². The van der Waals surface area contributed by atoms with E-state index in [-0.39, 0.29) is 5.92 Å². The lowest BCUT2D eigenvalue weighted by atomic mass is 9.88. The van der Waals surface area contributed by atoms with Gasteiger partial charge in [-0.2, -0.15) is 0 Å². The summed E-state index contributed by atoms with van der Waals surface area (Å²) in [5, 5.41) is 17.5. The third-order valence-corrected chi connectivity index (χ3v) is 5.86. The Balaban J connectivity index is 1.64. The summed E-state index contributed by atoms with van der Waals surface area (Å²) in [6.07, 6.45) is 1.79. The molecule has 0 saturated heterocycles. The first-order valence-electron chi connectivity index (χ1n) is 10.5. The topological polar surface area (TPSA) is 49.3 Å². The minimum absolute atomic E-state index is 0.281. The zero-order chi connectivity index (χ0) is 20.9. The number of nitrogens with one attached hydrogen (secondary N) is 1. The van der Waals surface area contributed by atoms with Crippen LogP contribution in [0.25, 0.3) is 21.5 Å². The average molecular weight is 398 g/mol. The van der Waals surface area contributed by atoms with Gasteiger partial charge in [-0.15, -0.1) is 0 Å². The number of hydrogen-bond donors (Lipinski definition) is 2. The van der Waals surface area contributed by atoms with Gasteiger partial charge in [-0.05, 0) is 64.9 Å². The first-order chi connectivity index (χ1) is 14.6. The van der Waals surface area contributed by atoms with E-state index >= 15 is 0 Å². The van der Waals surface area contributed by atoms with Crippen LogP contribution >= 0.6 is 0 Å². The Labute approximate surface area is 177 Å². The molecule has 0 amide bonds. The van der Waals surface area contributed by atoms with Crippen LogP contribution in [-0.2, 0) is 17.6 Å². The van der Waals surface area contributed by atoms with E-state index < -0.39 is 12.0 Å². The van der Waals surface area contributed by atoms with Gasteiger partial charge in [-0.25, -0.2) is 0 Å². The lowest BCUT2D eigenvalue weighted by molar-refractivity contribution is -0.139. The van der Waals surface area contributed by atoms with Gasteiger partial charge in [0, 0.05) is 0 Å². The fraction of sp³-hybridized carbons (Fsp3) is 0.222. The number of rotatable bonds is 8. The maximum atomic E-state index is 11.3. The van der Waals surface area contributed by atoms with Crippen molar-refractivity contribution in [1.29, 1.82) is 0 Å². The zero-order valence-corrected chi connectivity index (χ0v) is 17.2. The Morgan fingerprint density at radius 2 is 1.23 bits per heavy atom. The van der Waals surface area contributed by atoms with Gasteiger partial charge in [0.05, 0.1) is 0 Å². The Kier molecular flexibility index (Phi) is 6.10.